The number of halogens is 1. The molecule has 0 aliphatic carbocycles. The molecule has 1 amide bonds. The van der Waals surface area contributed by atoms with Crippen LogP contribution in [0.15, 0.2) is 71.9 Å². The smallest absolute Gasteiger partial charge is 0.234 e. The predicted molar refractivity (Wildman–Crippen MR) is 132 cm³/mol. The van der Waals surface area contributed by atoms with Crippen LogP contribution in [0, 0.1) is 26.6 Å². The van der Waals surface area contributed by atoms with Crippen molar-refractivity contribution in [3.63, 3.8) is 0 Å². The molecule has 174 valence electrons. The van der Waals surface area contributed by atoms with Gasteiger partial charge >= 0.3 is 0 Å². The summed E-state index contributed by atoms with van der Waals surface area (Å²) < 4.78 is 21.1. The lowest BCUT2D eigenvalue weighted by Crippen LogP contribution is -2.14. The lowest BCUT2D eigenvalue weighted by atomic mass is 10.1. The zero-order valence-corrected chi connectivity index (χ0v) is 20.0. The number of aromatic nitrogens is 3. The molecule has 6 nitrogen and oxygen atoms in total. The van der Waals surface area contributed by atoms with Gasteiger partial charge in [0, 0.05) is 11.4 Å². The maximum absolute atomic E-state index is 13.1. The van der Waals surface area contributed by atoms with E-state index in [2.05, 4.69) is 15.5 Å². The van der Waals surface area contributed by atoms with E-state index in [1.807, 2.05) is 67.8 Å². The number of hydrogen-bond donors (Lipinski definition) is 1. The number of anilines is 1. The molecule has 0 spiro atoms. The van der Waals surface area contributed by atoms with Gasteiger partial charge < -0.3 is 10.1 Å². The normalized spacial score (nSPS) is 10.8. The highest BCUT2D eigenvalue weighted by Gasteiger charge is 2.17. The monoisotopic (exact) mass is 476 g/mol. The minimum Gasteiger partial charge on any atom is -0.485 e. The van der Waals surface area contributed by atoms with Crippen molar-refractivity contribution in [2.45, 2.75) is 32.5 Å². The maximum Gasteiger partial charge on any atom is 0.234 e. The average Bonchev–Trinajstić information content (AvgIpc) is 3.22. The van der Waals surface area contributed by atoms with Crippen LogP contribution in [0.4, 0.5) is 10.1 Å². The zero-order valence-electron chi connectivity index (χ0n) is 19.2. The van der Waals surface area contributed by atoms with Crippen molar-refractivity contribution in [2.75, 3.05) is 11.1 Å². The molecule has 1 N–H and O–H groups in total. The Morgan fingerprint density at radius 3 is 2.32 bits per heavy atom. The Bertz CT molecular complexity index is 1270. The molecule has 0 atom stereocenters. The van der Waals surface area contributed by atoms with E-state index in [1.54, 1.807) is 0 Å². The van der Waals surface area contributed by atoms with Crippen molar-refractivity contribution in [2.24, 2.45) is 0 Å². The first-order valence-electron chi connectivity index (χ1n) is 10.8. The van der Waals surface area contributed by atoms with E-state index >= 15 is 0 Å². The van der Waals surface area contributed by atoms with Crippen LogP contribution in [-0.2, 0) is 11.4 Å². The second-order valence-electron chi connectivity index (χ2n) is 7.92. The summed E-state index contributed by atoms with van der Waals surface area (Å²) in [6, 6.07) is 19.7. The first-order valence-corrected chi connectivity index (χ1v) is 11.8. The van der Waals surface area contributed by atoms with Crippen LogP contribution in [0.25, 0.3) is 5.69 Å². The van der Waals surface area contributed by atoms with Gasteiger partial charge in [0.05, 0.1) is 5.75 Å². The molecule has 4 aromatic rings. The fourth-order valence-electron chi connectivity index (χ4n) is 3.46. The van der Waals surface area contributed by atoms with Crippen molar-refractivity contribution in [3.8, 4) is 11.4 Å². The van der Waals surface area contributed by atoms with E-state index in [0.717, 1.165) is 28.1 Å². The molecule has 34 heavy (non-hydrogen) atoms. The Morgan fingerprint density at radius 1 is 0.971 bits per heavy atom. The zero-order chi connectivity index (χ0) is 24.1. The number of ether oxygens (including phenoxy) is 1. The van der Waals surface area contributed by atoms with Gasteiger partial charge in [-0.3, -0.25) is 9.36 Å². The molecule has 4 rings (SSSR count). The van der Waals surface area contributed by atoms with E-state index in [1.165, 1.54) is 36.0 Å². The molecule has 0 unspecified atom stereocenters. The van der Waals surface area contributed by atoms with Crippen molar-refractivity contribution in [3.05, 3.63) is 95.1 Å². The molecule has 1 heterocycles. The third kappa shape index (κ3) is 5.63. The second-order valence-corrected chi connectivity index (χ2v) is 8.87. The number of thioether (sulfide) groups is 1. The highest BCUT2D eigenvalue weighted by Crippen LogP contribution is 2.26. The van der Waals surface area contributed by atoms with E-state index in [9.17, 15) is 9.18 Å². The largest absolute Gasteiger partial charge is 0.485 e. The van der Waals surface area contributed by atoms with E-state index in [-0.39, 0.29) is 24.1 Å². The van der Waals surface area contributed by atoms with Gasteiger partial charge in [-0.1, -0.05) is 47.7 Å². The second kappa shape index (κ2) is 10.5. The lowest BCUT2D eigenvalue weighted by molar-refractivity contribution is -0.113. The van der Waals surface area contributed by atoms with Gasteiger partial charge in [0.1, 0.15) is 18.2 Å². The summed E-state index contributed by atoms with van der Waals surface area (Å²) >= 11 is 1.27. The number of nitrogens with zero attached hydrogens (tertiary/aromatic N) is 3. The lowest BCUT2D eigenvalue weighted by Gasteiger charge is -2.14. The number of carbonyl (C=O) groups is 1. The maximum atomic E-state index is 13.1. The van der Waals surface area contributed by atoms with Crippen molar-refractivity contribution >= 4 is 23.4 Å². The quantitative estimate of drug-likeness (QED) is 0.333. The summed E-state index contributed by atoms with van der Waals surface area (Å²) in [5.41, 5.74) is 4.66. The molecular weight excluding hydrogens is 451 g/mol. The molecule has 0 aliphatic heterocycles. The minimum atomic E-state index is -0.353. The highest BCUT2D eigenvalue weighted by molar-refractivity contribution is 7.99. The third-order valence-corrected chi connectivity index (χ3v) is 6.14. The van der Waals surface area contributed by atoms with E-state index < -0.39 is 0 Å². The Morgan fingerprint density at radius 2 is 1.65 bits per heavy atom. The van der Waals surface area contributed by atoms with Crippen molar-refractivity contribution < 1.29 is 13.9 Å². The Balaban J connectivity index is 1.53. The van der Waals surface area contributed by atoms with Gasteiger partial charge in [0.15, 0.2) is 11.0 Å². The third-order valence-electron chi connectivity index (χ3n) is 5.21. The fourth-order valence-corrected chi connectivity index (χ4v) is 4.24. The number of carbonyl (C=O) groups excluding carboxylic acids is 1. The van der Waals surface area contributed by atoms with Crippen molar-refractivity contribution in [1.82, 2.24) is 14.8 Å². The summed E-state index contributed by atoms with van der Waals surface area (Å²) in [6.45, 7) is 6.27. The van der Waals surface area contributed by atoms with Crippen LogP contribution in [-0.4, -0.2) is 26.4 Å². The van der Waals surface area contributed by atoms with Crippen LogP contribution in [0.1, 0.15) is 22.5 Å². The Kier molecular flexibility index (Phi) is 7.27. The summed E-state index contributed by atoms with van der Waals surface area (Å²) in [5.74, 6) is 1.01. The summed E-state index contributed by atoms with van der Waals surface area (Å²) in [6.07, 6.45) is 0. The molecule has 0 aliphatic rings. The number of nitrogens with one attached hydrogen (secondary N) is 1. The Labute approximate surface area is 202 Å². The molecule has 0 saturated heterocycles. The average molecular weight is 477 g/mol. The number of amides is 1. The van der Waals surface area contributed by atoms with Crippen LogP contribution in [0.2, 0.25) is 0 Å². The minimum absolute atomic E-state index is 0.124. The van der Waals surface area contributed by atoms with Crippen LogP contribution < -0.4 is 10.1 Å². The summed E-state index contributed by atoms with van der Waals surface area (Å²) in [4.78, 5) is 12.4. The number of hydrogen-bond acceptors (Lipinski definition) is 5. The Hall–Kier alpha value is -3.65. The number of benzene rings is 3. The molecule has 0 fully saturated rings. The highest BCUT2D eigenvalue weighted by atomic mass is 32.2. The molecule has 0 saturated carbocycles. The molecule has 3 aromatic carbocycles. The summed E-state index contributed by atoms with van der Waals surface area (Å²) in [5, 5.41) is 12.0. The summed E-state index contributed by atoms with van der Waals surface area (Å²) in [7, 11) is 0. The fraction of sp³-hybridized carbons (Fsp3) is 0.192. The number of rotatable bonds is 8. The van der Waals surface area contributed by atoms with Crippen LogP contribution in [0.5, 0.6) is 5.75 Å². The van der Waals surface area contributed by atoms with Crippen LogP contribution >= 0.6 is 11.8 Å². The van der Waals surface area contributed by atoms with Crippen LogP contribution in [0.3, 0.4) is 0 Å². The predicted octanol–water partition coefficient (Wildman–Crippen LogP) is 5.64. The van der Waals surface area contributed by atoms with Gasteiger partial charge in [-0.05, 0) is 68.3 Å². The van der Waals surface area contributed by atoms with Gasteiger partial charge in [-0.25, -0.2) is 4.39 Å². The first kappa shape index (κ1) is 23.5. The molecule has 8 heteroatoms. The van der Waals surface area contributed by atoms with E-state index in [0.29, 0.717) is 16.7 Å². The van der Waals surface area contributed by atoms with Gasteiger partial charge in [0.2, 0.25) is 5.91 Å². The van der Waals surface area contributed by atoms with E-state index in [4.69, 9.17) is 4.74 Å². The van der Waals surface area contributed by atoms with Gasteiger partial charge in [-0.15, -0.1) is 10.2 Å². The van der Waals surface area contributed by atoms with Crippen molar-refractivity contribution in [1.29, 1.82) is 0 Å². The van der Waals surface area contributed by atoms with Gasteiger partial charge in [-0.2, -0.15) is 0 Å². The molecular formula is C26H25FN4O2S. The molecule has 0 radical (unpaired) electrons. The topological polar surface area (TPSA) is 69.0 Å². The first-order chi connectivity index (χ1) is 16.4. The van der Waals surface area contributed by atoms with Gasteiger partial charge in [0.25, 0.3) is 0 Å². The molecule has 1 aromatic heterocycles. The SMILES string of the molecule is Cc1ccc(-n2c(COc3c(C)cccc3C)nnc2SCC(=O)Nc2ccc(F)cc2)cc1. The number of aryl methyl sites for hydroxylation is 3. The number of para-hydroxylation sites is 1. The molecule has 0 bridgehead atoms. The standard InChI is InChI=1S/C26H25FN4O2S/c1-17-7-13-22(14-8-17)31-23(15-33-25-18(2)5-4-6-19(25)3)29-30-26(31)34-16-24(32)28-21-11-9-20(27)10-12-21/h4-14H,15-16H2,1-3H3,(H,28,32).